The zero-order valence-electron chi connectivity index (χ0n) is 15.2. The van der Waals surface area contributed by atoms with Gasteiger partial charge >= 0.3 is 0 Å². The number of halogens is 1. The predicted octanol–water partition coefficient (Wildman–Crippen LogP) is 1.68. The topological polar surface area (TPSA) is 75.7 Å². The molecule has 144 valence electrons. The minimum absolute atomic E-state index is 0.0130. The lowest BCUT2D eigenvalue weighted by Crippen LogP contribution is -2.49. The largest absolute Gasteiger partial charge is 0.379 e. The highest BCUT2D eigenvalue weighted by Crippen LogP contribution is 2.39. The molecule has 1 aromatic carbocycles. The van der Waals surface area contributed by atoms with Gasteiger partial charge in [-0.25, -0.2) is 12.8 Å². The lowest BCUT2D eigenvalue weighted by Gasteiger charge is -2.37. The van der Waals surface area contributed by atoms with E-state index in [4.69, 9.17) is 4.74 Å². The number of carbonyl (C=O) groups is 1. The van der Waals surface area contributed by atoms with E-state index in [-0.39, 0.29) is 34.8 Å². The minimum atomic E-state index is -3.74. The Labute approximate surface area is 153 Å². The molecule has 2 aliphatic rings. The van der Waals surface area contributed by atoms with Gasteiger partial charge in [0.05, 0.1) is 17.0 Å². The van der Waals surface area contributed by atoms with E-state index in [2.05, 4.69) is 5.32 Å². The standard InChI is InChI=1S/C18H25FN2O4S/c1-11-4-5-15(8-16(11)19)26(23,24)21-9-13-6-17(20-12(2)22)18(25-3)7-14(13)10-21/h4-5,8,13-14,17-18H,6-7,9-10H2,1-3H3,(H,20,22)/t13-,14+,17-,18-/m1/s1. The summed E-state index contributed by atoms with van der Waals surface area (Å²) in [4.78, 5) is 11.4. The first-order chi connectivity index (χ1) is 12.2. The van der Waals surface area contributed by atoms with E-state index in [1.165, 1.54) is 23.4 Å². The summed E-state index contributed by atoms with van der Waals surface area (Å²) in [5.41, 5.74) is 0.417. The van der Waals surface area contributed by atoms with Crippen molar-refractivity contribution < 1.29 is 22.3 Å². The average Bonchev–Trinajstić information content (AvgIpc) is 2.99. The van der Waals surface area contributed by atoms with Gasteiger partial charge in [-0.3, -0.25) is 4.79 Å². The summed E-state index contributed by atoms with van der Waals surface area (Å²) in [7, 11) is -2.13. The van der Waals surface area contributed by atoms with Crippen molar-refractivity contribution in [1.29, 1.82) is 0 Å². The van der Waals surface area contributed by atoms with Crippen LogP contribution in [0.2, 0.25) is 0 Å². The van der Waals surface area contributed by atoms with Crippen molar-refractivity contribution in [3.05, 3.63) is 29.6 Å². The maximum Gasteiger partial charge on any atom is 0.243 e. The van der Waals surface area contributed by atoms with Crippen molar-refractivity contribution in [2.45, 2.75) is 43.7 Å². The zero-order chi connectivity index (χ0) is 19.1. The van der Waals surface area contributed by atoms with E-state index in [1.54, 1.807) is 14.0 Å². The fourth-order valence-electron chi connectivity index (χ4n) is 4.12. The Morgan fingerprint density at radius 1 is 1.27 bits per heavy atom. The molecule has 1 aliphatic heterocycles. The van der Waals surface area contributed by atoms with Gasteiger partial charge in [0.15, 0.2) is 0 Å². The molecule has 1 aliphatic carbocycles. The fourth-order valence-corrected chi connectivity index (χ4v) is 5.69. The molecule has 1 saturated carbocycles. The Morgan fingerprint density at radius 3 is 2.50 bits per heavy atom. The van der Waals surface area contributed by atoms with E-state index >= 15 is 0 Å². The van der Waals surface area contributed by atoms with Gasteiger partial charge in [0.1, 0.15) is 5.82 Å². The molecular weight excluding hydrogens is 359 g/mol. The van der Waals surface area contributed by atoms with Gasteiger partial charge in [-0.15, -0.1) is 0 Å². The summed E-state index contributed by atoms with van der Waals surface area (Å²) in [5.74, 6) is -0.306. The Bertz CT molecular complexity index is 798. The lowest BCUT2D eigenvalue weighted by atomic mass is 9.77. The van der Waals surface area contributed by atoms with Crippen LogP contribution >= 0.6 is 0 Å². The molecule has 8 heteroatoms. The molecule has 4 atom stereocenters. The van der Waals surface area contributed by atoms with Crippen molar-refractivity contribution in [2.75, 3.05) is 20.2 Å². The second-order valence-corrected chi connectivity index (χ2v) is 9.24. The molecule has 1 heterocycles. The number of nitrogens with one attached hydrogen (secondary N) is 1. The SMILES string of the molecule is CO[C@@H]1C[C@H]2CN(S(=O)(=O)c3ccc(C)c(F)c3)C[C@H]2C[C@H]1NC(C)=O. The predicted molar refractivity (Wildman–Crippen MR) is 94.5 cm³/mol. The van der Waals surface area contributed by atoms with Crippen LogP contribution in [0.25, 0.3) is 0 Å². The monoisotopic (exact) mass is 384 g/mol. The molecule has 0 aromatic heterocycles. The van der Waals surface area contributed by atoms with E-state index in [9.17, 15) is 17.6 Å². The first kappa shape index (κ1) is 19.3. The van der Waals surface area contributed by atoms with Crippen LogP contribution in [0.3, 0.4) is 0 Å². The van der Waals surface area contributed by atoms with E-state index < -0.39 is 15.8 Å². The first-order valence-electron chi connectivity index (χ1n) is 8.78. The Kier molecular flexibility index (Phi) is 5.37. The van der Waals surface area contributed by atoms with Crippen LogP contribution in [0.5, 0.6) is 0 Å². The number of methoxy groups -OCH3 is 1. The number of benzene rings is 1. The summed E-state index contributed by atoms with van der Waals surface area (Å²) >= 11 is 0. The number of nitrogens with zero attached hydrogens (tertiary/aromatic N) is 1. The molecule has 3 rings (SSSR count). The summed E-state index contributed by atoms with van der Waals surface area (Å²) in [6.45, 7) is 3.85. The second kappa shape index (κ2) is 7.25. The molecule has 1 saturated heterocycles. The van der Waals surface area contributed by atoms with Gasteiger partial charge in [-0.2, -0.15) is 4.31 Å². The third-order valence-corrected chi connectivity index (χ3v) is 7.38. The van der Waals surface area contributed by atoms with Crippen LogP contribution in [-0.2, 0) is 19.6 Å². The van der Waals surface area contributed by atoms with Crippen molar-refractivity contribution >= 4 is 15.9 Å². The summed E-state index contributed by atoms with van der Waals surface area (Å²) < 4.78 is 46.6. The molecule has 1 N–H and O–H groups in total. The third kappa shape index (κ3) is 3.63. The molecule has 26 heavy (non-hydrogen) atoms. The lowest BCUT2D eigenvalue weighted by molar-refractivity contribution is -0.121. The highest BCUT2D eigenvalue weighted by Gasteiger charge is 2.46. The van der Waals surface area contributed by atoms with Crippen molar-refractivity contribution in [3.8, 4) is 0 Å². The average molecular weight is 384 g/mol. The molecule has 2 fully saturated rings. The smallest absolute Gasteiger partial charge is 0.243 e. The summed E-state index contributed by atoms with van der Waals surface area (Å²) in [5, 5.41) is 2.91. The number of amides is 1. The normalized spacial score (nSPS) is 29.4. The molecule has 1 amide bonds. The van der Waals surface area contributed by atoms with Crippen LogP contribution in [-0.4, -0.2) is 51.0 Å². The molecule has 0 spiro atoms. The van der Waals surface area contributed by atoms with Crippen LogP contribution in [0, 0.1) is 24.6 Å². The van der Waals surface area contributed by atoms with Crippen LogP contribution in [0.1, 0.15) is 25.3 Å². The van der Waals surface area contributed by atoms with Crippen molar-refractivity contribution in [3.63, 3.8) is 0 Å². The number of fused-ring (bicyclic) bond motifs is 1. The van der Waals surface area contributed by atoms with Crippen LogP contribution in [0.15, 0.2) is 23.1 Å². The molecule has 0 bridgehead atoms. The van der Waals surface area contributed by atoms with Gasteiger partial charge in [-0.05, 0) is 49.3 Å². The highest BCUT2D eigenvalue weighted by atomic mass is 32.2. The van der Waals surface area contributed by atoms with E-state index in [0.29, 0.717) is 31.5 Å². The molecule has 1 aromatic rings. The van der Waals surface area contributed by atoms with Crippen LogP contribution < -0.4 is 5.32 Å². The molecule has 6 nitrogen and oxygen atoms in total. The maximum atomic E-state index is 13.8. The van der Waals surface area contributed by atoms with Gasteiger partial charge in [0.25, 0.3) is 0 Å². The summed E-state index contributed by atoms with van der Waals surface area (Å²) in [6.07, 6.45) is 1.25. The Hall–Kier alpha value is -1.51. The van der Waals surface area contributed by atoms with Crippen LogP contribution in [0.4, 0.5) is 4.39 Å². The van der Waals surface area contributed by atoms with Gasteiger partial charge in [0.2, 0.25) is 15.9 Å². The minimum Gasteiger partial charge on any atom is -0.379 e. The molecule has 0 unspecified atom stereocenters. The van der Waals surface area contributed by atoms with Gasteiger partial charge in [0, 0.05) is 27.1 Å². The van der Waals surface area contributed by atoms with E-state index in [0.717, 1.165) is 6.07 Å². The summed E-state index contributed by atoms with van der Waals surface area (Å²) in [6, 6.07) is 3.91. The molecule has 0 radical (unpaired) electrons. The quantitative estimate of drug-likeness (QED) is 0.857. The Balaban J connectivity index is 1.78. The second-order valence-electron chi connectivity index (χ2n) is 7.31. The maximum absolute atomic E-state index is 13.8. The third-order valence-electron chi connectivity index (χ3n) is 5.56. The number of sulfonamides is 1. The fraction of sp³-hybridized carbons (Fsp3) is 0.611. The highest BCUT2D eigenvalue weighted by molar-refractivity contribution is 7.89. The number of ether oxygens (including phenoxy) is 1. The van der Waals surface area contributed by atoms with Gasteiger partial charge < -0.3 is 10.1 Å². The number of rotatable bonds is 4. The Morgan fingerprint density at radius 2 is 1.92 bits per heavy atom. The number of hydrogen-bond acceptors (Lipinski definition) is 4. The van der Waals surface area contributed by atoms with Crippen molar-refractivity contribution in [1.82, 2.24) is 9.62 Å². The number of hydrogen-bond donors (Lipinski definition) is 1. The number of aryl methyl sites for hydroxylation is 1. The van der Waals surface area contributed by atoms with Crippen molar-refractivity contribution in [2.24, 2.45) is 11.8 Å². The molecular formula is C18H25FN2O4S. The van der Waals surface area contributed by atoms with Gasteiger partial charge in [-0.1, -0.05) is 6.07 Å². The van der Waals surface area contributed by atoms with E-state index in [1.807, 2.05) is 0 Å². The zero-order valence-corrected chi connectivity index (χ0v) is 16.1. The first-order valence-corrected chi connectivity index (χ1v) is 10.2. The number of carbonyl (C=O) groups excluding carboxylic acids is 1.